The highest BCUT2D eigenvalue weighted by atomic mass is 19.1. The number of nitrogens with one attached hydrogen (secondary N) is 6. The summed E-state index contributed by atoms with van der Waals surface area (Å²) in [6.45, 7) is 14.4. The number of benzene rings is 2. The first kappa shape index (κ1) is 58.8. The molecule has 71 heavy (non-hydrogen) atoms. The van der Waals surface area contributed by atoms with Crippen LogP contribution in [0.3, 0.4) is 0 Å². The van der Waals surface area contributed by atoms with Gasteiger partial charge >= 0.3 is 24.2 Å². The Balaban J connectivity index is 1.91. The molecule has 7 amide bonds. The molecule has 7 N–H and O–H groups in total. The monoisotopic (exact) mass is 998 g/mol. The number of carboxylic acid groups (broad SMARTS) is 1. The number of carbonyl (C=O) groups is 8. The largest absolute Gasteiger partial charge is 0.480 e. The van der Waals surface area contributed by atoms with Gasteiger partial charge in [0.15, 0.2) is 0 Å². The number of unbranched alkanes of at least 4 members (excludes halogenated alkanes) is 2. The van der Waals surface area contributed by atoms with Gasteiger partial charge in [0.1, 0.15) is 46.5 Å². The molecule has 0 saturated carbocycles. The number of piperidine rings is 1. The van der Waals surface area contributed by atoms with Gasteiger partial charge in [0, 0.05) is 32.5 Å². The van der Waals surface area contributed by atoms with Crippen molar-refractivity contribution in [2.24, 2.45) is 0 Å². The number of ether oxygens (including phenoxy) is 3. The highest BCUT2D eigenvalue weighted by Crippen LogP contribution is 2.25. The average molecular weight is 998 g/mol. The first-order chi connectivity index (χ1) is 33.2. The first-order valence-corrected chi connectivity index (χ1v) is 24.2. The van der Waals surface area contributed by atoms with E-state index in [1.54, 1.807) is 123 Å². The molecule has 1 saturated heterocycles. The lowest BCUT2D eigenvalue weighted by molar-refractivity contribution is -0.150. The molecule has 0 aromatic heterocycles. The zero-order valence-corrected chi connectivity index (χ0v) is 42.7. The summed E-state index contributed by atoms with van der Waals surface area (Å²) in [6, 6.07) is 12.7. The number of carboxylic acids is 1. The van der Waals surface area contributed by atoms with E-state index in [0.29, 0.717) is 24.0 Å². The lowest BCUT2D eigenvalue weighted by Gasteiger charge is -2.40. The van der Waals surface area contributed by atoms with Crippen molar-refractivity contribution in [3.05, 3.63) is 71.8 Å². The van der Waals surface area contributed by atoms with Gasteiger partial charge in [-0.05, 0) is 125 Å². The highest BCUT2D eigenvalue weighted by molar-refractivity contribution is 5.95. The predicted octanol–water partition coefficient (Wildman–Crippen LogP) is 5.62. The topological polar surface area (TPSA) is 260 Å². The summed E-state index contributed by atoms with van der Waals surface area (Å²) in [5.74, 6) is -4.12. The SMILES string of the molecule is CC(C)(C)OC(=O)NCCCC[C@@H](NC(=O)C(CCCCF)NC(=O)[C@@H](Cc1ccccc1)NC(=O)[C@@H](Cc1ccccc1)NC(=O)OC(C)(C)C)C(=O)N1CCC(NC(=O)OC(C)(C)C)(C(=O)O)CC1. The van der Waals surface area contributed by atoms with Gasteiger partial charge in [0.2, 0.25) is 23.6 Å². The first-order valence-electron chi connectivity index (χ1n) is 24.2. The fourth-order valence-electron chi connectivity index (χ4n) is 7.55. The van der Waals surface area contributed by atoms with E-state index in [4.69, 9.17) is 14.2 Å². The molecule has 0 radical (unpaired) electrons. The van der Waals surface area contributed by atoms with E-state index in [-0.39, 0.29) is 71.0 Å². The number of aliphatic carboxylic acids is 1. The second-order valence-corrected chi connectivity index (χ2v) is 20.7. The van der Waals surface area contributed by atoms with E-state index >= 15 is 0 Å². The molecule has 1 fully saturated rings. The maximum absolute atomic E-state index is 14.4. The van der Waals surface area contributed by atoms with Gasteiger partial charge in [0.25, 0.3) is 0 Å². The maximum Gasteiger partial charge on any atom is 0.408 e. The lowest BCUT2D eigenvalue weighted by Crippen LogP contribution is -2.63. The van der Waals surface area contributed by atoms with Crippen molar-refractivity contribution >= 4 is 47.9 Å². The van der Waals surface area contributed by atoms with Crippen LogP contribution in [0.1, 0.15) is 125 Å². The number of alkyl carbamates (subject to hydrolysis) is 3. The Kier molecular flexibility index (Phi) is 22.6. The van der Waals surface area contributed by atoms with Crippen LogP contribution in [-0.4, -0.2) is 131 Å². The maximum atomic E-state index is 14.4. The van der Waals surface area contributed by atoms with E-state index in [2.05, 4.69) is 31.9 Å². The van der Waals surface area contributed by atoms with Crippen molar-refractivity contribution < 1.29 is 62.1 Å². The molecule has 1 aliphatic rings. The molecular formula is C51H76FN7O12. The minimum Gasteiger partial charge on any atom is -0.480 e. The van der Waals surface area contributed by atoms with Gasteiger partial charge in [-0.1, -0.05) is 60.7 Å². The van der Waals surface area contributed by atoms with Crippen LogP contribution >= 0.6 is 0 Å². The summed E-state index contributed by atoms with van der Waals surface area (Å²) < 4.78 is 29.6. The number of likely N-dealkylation sites (tertiary alicyclic amines) is 1. The molecule has 0 spiro atoms. The minimum atomic E-state index is -1.74. The molecule has 3 rings (SSSR count). The molecule has 1 heterocycles. The van der Waals surface area contributed by atoms with E-state index < -0.39 is 101 Å². The molecule has 1 aliphatic heterocycles. The molecule has 4 atom stereocenters. The third-order valence-corrected chi connectivity index (χ3v) is 11.0. The molecule has 19 nitrogen and oxygen atoms in total. The average Bonchev–Trinajstić information content (AvgIpc) is 3.26. The van der Waals surface area contributed by atoms with Crippen LogP contribution in [0, 0.1) is 0 Å². The third-order valence-electron chi connectivity index (χ3n) is 11.0. The number of hydrogen-bond donors (Lipinski definition) is 7. The predicted molar refractivity (Wildman–Crippen MR) is 263 cm³/mol. The highest BCUT2D eigenvalue weighted by Gasteiger charge is 2.45. The summed E-state index contributed by atoms with van der Waals surface area (Å²) in [5.41, 5.74) is -2.88. The van der Waals surface area contributed by atoms with Gasteiger partial charge in [-0.3, -0.25) is 23.6 Å². The van der Waals surface area contributed by atoms with Gasteiger partial charge < -0.3 is 56.1 Å². The minimum absolute atomic E-state index is 0.0320. The second-order valence-electron chi connectivity index (χ2n) is 20.7. The zero-order valence-electron chi connectivity index (χ0n) is 42.7. The van der Waals surface area contributed by atoms with Crippen LogP contribution in [0.4, 0.5) is 18.8 Å². The number of nitrogens with zero attached hydrogens (tertiary/aromatic N) is 1. The van der Waals surface area contributed by atoms with Crippen molar-refractivity contribution in [1.82, 2.24) is 36.8 Å². The van der Waals surface area contributed by atoms with Crippen LogP contribution in [0.15, 0.2) is 60.7 Å². The van der Waals surface area contributed by atoms with Crippen LogP contribution < -0.4 is 31.9 Å². The van der Waals surface area contributed by atoms with Crippen LogP contribution in [0.5, 0.6) is 0 Å². The molecule has 20 heteroatoms. The molecule has 2 aromatic rings. The standard InChI is InChI=1S/C51H76FN7O12/c1-48(2,3)69-45(66)53-29-19-17-25-37(43(63)59-30-26-51(27-31-59,44(64)65)58-47(68)71-50(7,8)9)55-40(60)36(24-16-18-28-52)54-41(61)38(32-34-20-12-10-13-21-34)56-42(62)39(33-35-22-14-11-15-23-35)57-46(67)70-49(4,5)6/h10-15,20-23,36-39H,16-19,24-33H2,1-9H3,(H,53,66)(H,54,61)(H,55,60)(H,56,62)(H,57,67)(H,58,68)(H,64,65)/t36?,37-,38-,39-/m1/s1. The van der Waals surface area contributed by atoms with Crippen molar-refractivity contribution in [3.63, 3.8) is 0 Å². The van der Waals surface area contributed by atoms with Gasteiger partial charge in [-0.2, -0.15) is 0 Å². The summed E-state index contributed by atoms with van der Waals surface area (Å²) >= 11 is 0. The Labute approximate surface area is 416 Å². The summed E-state index contributed by atoms with van der Waals surface area (Å²) in [7, 11) is 0. The number of halogens is 1. The number of amides is 7. The Morgan fingerprint density at radius 2 is 1.00 bits per heavy atom. The van der Waals surface area contributed by atoms with Crippen LogP contribution in [-0.2, 0) is 51.0 Å². The van der Waals surface area contributed by atoms with Gasteiger partial charge in [0.05, 0.1) is 6.67 Å². The molecule has 2 aromatic carbocycles. The summed E-state index contributed by atoms with van der Waals surface area (Å²) in [6.07, 6.45) is -1.85. The van der Waals surface area contributed by atoms with E-state index in [0.717, 1.165) is 0 Å². The normalized spacial score (nSPS) is 15.3. The quantitative estimate of drug-likeness (QED) is 0.0529. The van der Waals surface area contributed by atoms with E-state index in [1.165, 1.54) is 4.90 Å². The van der Waals surface area contributed by atoms with Crippen LogP contribution in [0.2, 0.25) is 0 Å². The Morgan fingerprint density at radius 3 is 1.49 bits per heavy atom. The van der Waals surface area contributed by atoms with Crippen LogP contribution in [0.25, 0.3) is 0 Å². The number of carbonyl (C=O) groups excluding carboxylic acids is 7. The molecule has 0 aliphatic carbocycles. The number of rotatable bonds is 23. The van der Waals surface area contributed by atoms with Crippen molar-refractivity contribution in [2.75, 3.05) is 26.3 Å². The molecular weight excluding hydrogens is 922 g/mol. The lowest BCUT2D eigenvalue weighted by atomic mass is 9.87. The number of alkyl halides is 1. The molecule has 394 valence electrons. The zero-order chi connectivity index (χ0) is 53.0. The van der Waals surface area contributed by atoms with Gasteiger partial charge in [-0.15, -0.1) is 0 Å². The smallest absolute Gasteiger partial charge is 0.408 e. The number of hydrogen-bond acceptors (Lipinski definition) is 11. The third kappa shape index (κ3) is 22.0. The van der Waals surface area contributed by atoms with Crippen molar-refractivity contribution in [3.8, 4) is 0 Å². The Morgan fingerprint density at radius 1 is 0.577 bits per heavy atom. The summed E-state index contributed by atoms with van der Waals surface area (Å²) in [5, 5.41) is 26.3. The van der Waals surface area contributed by atoms with E-state index in [1.807, 2.05) is 0 Å². The molecule has 0 bridgehead atoms. The Bertz CT molecular complexity index is 2080. The fourth-order valence-corrected chi connectivity index (χ4v) is 7.55. The van der Waals surface area contributed by atoms with Crippen molar-refractivity contribution in [2.45, 2.75) is 173 Å². The van der Waals surface area contributed by atoms with Gasteiger partial charge in [-0.25, -0.2) is 19.2 Å². The Hall–Kier alpha value is -6.47. The van der Waals surface area contributed by atoms with Crippen molar-refractivity contribution in [1.29, 1.82) is 0 Å². The second kappa shape index (κ2) is 27.2. The molecule has 1 unspecified atom stereocenters. The van der Waals surface area contributed by atoms with E-state index in [9.17, 15) is 47.9 Å². The summed E-state index contributed by atoms with van der Waals surface area (Å²) in [4.78, 5) is 109. The fraction of sp³-hybridized carbons (Fsp3) is 0.608.